The van der Waals surface area contributed by atoms with Crippen LogP contribution in [0.2, 0.25) is 0 Å². The maximum absolute atomic E-state index is 11.8. The highest BCUT2D eigenvalue weighted by molar-refractivity contribution is 7.47. The molecule has 21 heavy (non-hydrogen) atoms. The first-order chi connectivity index (χ1) is 9.82. The van der Waals surface area contributed by atoms with Crippen LogP contribution < -0.4 is 0 Å². The Balaban J connectivity index is 4.10. The molecule has 0 aromatic carbocycles. The van der Waals surface area contributed by atoms with Crippen molar-refractivity contribution in [2.75, 3.05) is 60.2 Å². The molecule has 0 rings (SSSR count). The zero-order chi connectivity index (χ0) is 16.4. The van der Waals surface area contributed by atoms with Crippen LogP contribution in [0.15, 0.2) is 0 Å². The van der Waals surface area contributed by atoms with Crippen LogP contribution in [-0.4, -0.2) is 75.7 Å². The second kappa shape index (κ2) is 10.7. The lowest BCUT2D eigenvalue weighted by Gasteiger charge is -2.32. The fourth-order valence-electron chi connectivity index (χ4n) is 1.56. The molecule has 0 saturated heterocycles. The van der Waals surface area contributed by atoms with Gasteiger partial charge in [0, 0.05) is 13.7 Å². The lowest BCUT2D eigenvalue weighted by molar-refractivity contribution is -0.906. The molecule has 2 atom stereocenters. The Labute approximate surface area is 128 Å². The van der Waals surface area contributed by atoms with Gasteiger partial charge in [0.25, 0.3) is 0 Å². The van der Waals surface area contributed by atoms with Gasteiger partial charge in [0.1, 0.15) is 19.3 Å². The fraction of sp³-hybridized carbons (Fsp3) is 1.00. The number of phosphoric acid groups is 1. The summed E-state index contributed by atoms with van der Waals surface area (Å²) in [6, 6.07) is 0. The quantitative estimate of drug-likeness (QED) is 0.409. The van der Waals surface area contributed by atoms with Crippen molar-refractivity contribution < 1.29 is 32.5 Å². The van der Waals surface area contributed by atoms with Crippen molar-refractivity contribution in [1.82, 2.24) is 0 Å². The number of quaternary nitrogens is 1. The van der Waals surface area contributed by atoms with E-state index in [9.17, 15) is 9.46 Å². The van der Waals surface area contributed by atoms with Crippen molar-refractivity contribution in [3.8, 4) is 0 Å². The highest BCUT2D eigenvalue weighted by Crippen LogP contribution is 2.43. The van der Waals surface area contributed by atoms with Gasteiger partial charge in [0.2, 0.25) is 0 Å². The Kier molecular flexibility index (Phi) is 10.7. The average Bonchev–Trinajstić information content (AvgIpc) is 2.47. The van der Waals surface area contributed by atoms with E-state index in [0.29, 0.717) is 19.8 Å². The summed E-state index contributed by atoms with van der Waals surface area (Å²) in [5.74, 6) is 0. The van der Waals surface area contributed by atoms with Crippen molar-refractivity contribution in [3.63, 3.8) is 0 Å². The summed E-state index contributed by atoms with van der Waals surface area (Å²) in [5.41, 5.74) is 0. The maximum atomic E-state index is 11.8. The van der Waals surface area contributed by atoms with Crippen LogP contribution >= 0.6 is 7.82 Å². The summed E-state index contributed by atoms with van der Waals surface area (Å²) in [5, 5.41) is 0. The van der Waals surface area contributed by atoms with Gasteiger partial charge in [0.15, 0.2) is 0 Å². The normalized spacial score (nSPS) is 16.7. The second-order valence-corrected chi connectivity index (χ2v) is 6.54. The summed E-state index contributed by atoms with van der Waals surface area (Å²) < 4.78 is 32.8. The average molecular weight is 328 g/mol. The molecule has 0 aliphatic carbocycles. The molecule has 1 unspecified atom stereocenters. The third-order valence-corrected chi connectivity index (χ3v) is 4.66. The highest BCUT2D eigenvalue weighted by Gasteiger charge is 2.25. The molecule has 0 saturated carbocycles. The predicted molar refractivity (Wildman–Crippen MR) is 81.2 cm³/mol. The van der Waals surface area contributed by atoms with E-state index in [4.69, 9.17) is 18.5 Å². The molecule has 0 radical (unpaired) electrons. The largest absolute Gasteiger partial charge is 0.472 e. The molecule has 0 fully saturated rings. The van der Waals surface area contributed by atoms with Crippen LogP contribution in [0.25, 0.3) is 0 Å². The Morgan fingerprint density at radius 2 is 1.76 bits per heavy atom. The smallest absolute Gasteiger partial charge is 0.379 e. The van der Waals surface area contributed by atoms with E-state index in [0.717, 1.165) is 17.6 Å². The molecule has 0 aliphatic rings. The van der Waals surface area contributed by atoms with Crippen LogP contribution in [-0.2, 0) is 23.1 Å². The first-order valence-corrected chi connectivity index (χ1v) is 8.88. The Bertz CT molecular complexity index is 311. The molecular weight excluding hydrogens is 297 g/mol. The van der Waals surface area contributed by atoms with Gasteiger partial charge in [-0.1, -0.05) is 0 Å². The van der Waals surface area contributed by atoms with E-state index in [2.05, 4.69) is 20.9 Å². The van der Waals surface area contributed by atoms with Crippen molar-refractivity contribution in [2.24, 2.45) is 0 Å². The molecule has 0 heterocycles. The molecule has 1 N–H and O–H groups in total. The Hall–Kier alpha value is -0.0100. The number of phosphoric ester groups is 1. The van der Waals surface area contributed by atoms with E-state index < -0.39 is 7.82 Å². The number of likely N-dealkylation sites (N-methyl/N-ethyl adjacent to an activating group) is 1. The molecule has 0 aromatic heterocycles. The zero-order valence-corrected chi connectivity index (χ0v) is 14.8. The number of ether oxygens (including phenoxy) is 2. The molecular formula is C13H31NO6P+. The minimum atomic E-state index is -4.04. The van der Waals surface area contributed by atoms with Gasteiger partial charge in [-0.2, -0.15) is 0 Å². The van der Waals surface area contributed by atoms with Crippen molar-refractivity contribution >= 4 is 7.82 Å². The maximum Gasteiger partial charge on any atom is 0.472 e. The Morgan fingerprint density at radius 1 is 1.14 bits per heavy atom. The molecule has 0 bridgehead atoms. The lowest BCUT2D eigenvalue weighted by atomic mass is 10.4. The summed E-state index contributed by atoms with van der Waals surface area (Å²) >= 11 is 0. The third kappa shape index (κ3) is 9.58. The molecule has 7 nitrogen and oxygen atoms in total. The van der Waals surface area contributed by atoms with Crippen LogP contribution in [0, 0.1) is 0 Å². The fourth-order valence-corrected chi connectivity index (χ4v) is 2.31. The number of hydrogen-bond donors (Lipinski definition) is 1. The summed E-state index contributed by atoms with van der Waals surface area (Å²) in [7, 11) is -0.464. The van der Waals surface area contributed by atoms with Crippen LogP contribution in [0.4, 0.5) is 0 Å². The standard InChI is InChI=1S/C13H30NO6P/c1-6-14(4,7-2)9-10-19-21(15,16)20-12-13(17-5)11-18-8-3/h13H,6-12H2,1-5H3/p+1/t13-/m0/s1. The van der Waals surface area contributed by atoms with Gasteiger partial charge >= 0.3 is 7.82 Å². The van der Waals surface area contributed by atoms with Crippen molar-refractivity contribution in [3.05, 3.63) is 0 Å². The molecule has 0 aliphatic heterocycles. The van der Waals surface area contributed by atoms with E-state index in [1.54, 1.807) is 0 Å². The zero-order valence-electron chi connectivity index (χ0n) is 13.9. The first-order valence-electron chi connectivity index (χ1n) is 7.38. The van der Waals surface area contributed by atoms with Gasteiger partial charge in [-0.05, 0) is 20.8 Å². The highest BCUT2D eigenvalue weighted by atomic mass is 31.2. The topological polar surface area (TPSA) is 74.2 Å². The third-order valence-electron chi connectivity index (χ3n) is 3.68. The van der Waals surface area contributed by atoms with E-state index >= 15 is 0 Å². The number of hydrogen-bond acceptors (Lipinski definition) is 5. The molecule has 128 valence electrons. The number of nitrogens with zero attached hydrogens (tertiary/aromatic N) is 1. The number of rotatable bonds is 13. The molecule has 0 spiro atoms. The van der Waals surface area contributed by atoms with E-state index in [1.807, 2.05) is 6.92 Å². The minimum absolute atomic E-state index is 0.0437. The van der Waals surface area contributed by atoms with Crippen molar-refractivity contribution in [2.45, 2.75) is 26.9 Å². The summed E-state index contributed by atoms with van der Waals surface area (Å²) in [6.45, 7) is 9.56. The Morgan fingerprint density at radius 3 is 2.24 bits per heavy atom. The minimum Gasteiger partial charge on any atom is -0.379 e. The summed E-state index contributed by atoms with van der Waals surface area (Å²) in [6.07, 6.45) is -0.388. The van der Waals surface area contributed by atoms with Gasteiger partial charge in [-0.3, -0.25) is 9.05 Å². The van der Waals surface area contributed by atoms with Crippen LogP contribution in [0.5, 0.6) is 0 Å². The van der Waals surface area contributed by atoms with E-state index in [-0.39, 0.29) is 19.3 Å². The van der Waals surface area contributed by atoms with Gasteiger partial charge in [0.05, 0.1) is 33.4 Å². The first kappa shape index (κ1) is 21.0. The van der Waals surface area contributed by atoms with Crippen molar-refractivity contribution in [1.29, 1.82) is 0 Å². The van der Waals surface area contributed by atoms with Gasteiger partial charge in [-0.15, -0.1) is 0 Å². The van der Waals surface area contributed by atoms with Gasteiger partial charge < -0.3 is 18.9 Å². The van der Waals surface area contributed by atoms with Crippen LogP contribution in [0.1, 0.15) is 20.8 Å². The second-order valence-electron chi connectivity index (χ2n) is 5.09. The molecule has 0 amide bonds. The monoisotopic (exact) mass is 328 g/mol. The number of methoxy groups -OCH3 is 1. The van der Waals surface area contributed by atoms with Gasteiger partial charge in [-0.25, -0.2) is 4.57 Å². The lowest BCUT2D eigenvalue weighted by Crippen LogP contribution is -2.45. The van der Waals surface area contributed by atoms with E-state index in [1.165, 1.54) is 7.11 Å². The molecule has 0 aromatic rings. The summed E-state index contributed by atoms with van der Waals surface area (Å²) in [4.78, 5) is 9.63. The predicted octanol–water partition coefficient (Wildman–Crippen LogP) is 1.66. The SMILES string of the molecule is CCOC[C@@H](COP(=O)(O)OCC[N+](C)(CC)CC)OC. The molecule has 8 heteroatoms. The van der Waals surface area contributed by atoms with Crippen LogP contribution in [0.3, 0.4) is 0 Å².